The van der Waals surface area contributed by atoms with Crippen molar-refractivity contribution in [2.24, 2.45) is 0 Å². The molecule has 0 unspecified atom stereocenters. The average Bonchev–Trinajstić information content (AvgIpc) is 2.53. The third-order valence-electron chi connectivity index (χ3n) is 3.98. The van der Waals surface area contributed by atoms with E-state index in [9.17, 15) is 4.79 Å². The first-order valence-corrected chi connectivity index (χ1v) is 7.78. The fraction of sp³-hybridized carbons (Fsp3) is 0.0556. The number of rotatable bonds is 2. The van der Waals surface area contributed by atoms with Crippen LogP contribution in [0, 0.1) is 0 Å². The molecule has 0 aliphatic carbocycles. The lowest BCUT2D eigenvalue weighted by Crippen LogP contribution is -2.18. The van der Waals surface area contributed by atoms with Gasteiger partial charge >= 0.3 is 0 Å². The highest BCUT2D eigenvalue weighted by Crippen LogP contribution is 2.37. The van der Waals surface area contributed by atoms with E-state index in [0.717, 1.165) is 21.8 Å². The van der Waals surface area contributed by atoms with Crippen molar-refractivity contribution in [1.29, 1.82) is 0 Å². The van der Waals surface area contributed by atoms with Crippen LogP contribution in [0.15, 0.2) is 54.6 Å². The van der Waals surface area contributed by atoms with Gasteiger partial charge in [-0.15, -0.1) is 0 Å². The highest BCUT2D eigenvalue weighted by Gasteiger charge is 2.15. The van der Waals surface area contributed by atoms with E-state index in [1.807, 2.05) is 18.2 Å². The molecule has 4 heteroatoms. The van der Waals surface area contributed by atoms with Crippen molar-refractivity contribution >= 4 is 67.1 Å². The molecule has 4 rings (SSSR count). The van der Waals surface area contributed by atoms with Crippen LogP contribution in [0.2, 0.25) is 0 Å². The number of carbonyl (C=O) groups excluding carboxylic acids is 1. The molecule has 1 N–H and O–H groups in total. The minimum atomic E-state index is -1.08. The molecule has 4 aromatic carbocycles. The van der Waals surface area contributed by atoms with Crippen molar-refractivity contribution < 1.29 is 4.79 Å². The highest BCUT2D eigenvalue weighted by molar-refractivity contribution is 6.54. The molecule has 0 aliphatic heterocycles. The van der Waals surface area contributed by atoms with Gasteiger partial charge in [0.25, 0.3) is 5.91 Å². The highest BCUT2D eigenvalue weighted by atomic mass is 35.5. The molecule has 0 bridgehead atoms. The Morgan fingerprint density at radius 3 is 2.09 bits per heavy atom. The molecule has 0 saturated carbocycles. The van der Waals surface area contributed by atoms with Gasteiger partial charge in [0.15, 0.2) is 4.84 Å². The molecule has 0 radical (unpaired) electrons. The van der Waals surface area contributed by atoms with Crippen LogP contribution in [0.5, 0.6) is 0 Å². The van der Waals surface area contributed by atoms with Gasteiger partial charge in [0.2, 0.25) is 0 Å². The monoisotopic (exact) mass is 327 g/mol. The van der Waals surface area contributed by atoms with Gasteiger partial charge in [0.1, 0.15) is 0 Å². The van der Waals surface area contributed by atoms with Crippen molar-refractivity contribution in [3.8, 4) is 0 Å². The second-order valence-corrected chi connectivity index (χ2v) is 6.36. The van der Waals surface area contributed by atoms with Gasteiger partial charge in [0.05, 0.1) is 0 Å². The maximum Gasteiger partial charge on any atom is 0.257 e. The lowest BCUT2D eigenvalue weighted by atomic mass is 9.93. The van der Waals surface area contributed by atoms with Crippen molar-refractivity contribution in [2.75, 3.05) is 5.32 Å². The molecule has 22 heavy (non-hydrogen) atoms. The van der Waals surface area contributed by atoms with Crippen LogP contribution in [0.1, 0.15) is 0 Å². The molecular weight excluding hydrogens is 317 g/mol. The summed E-state index contributed by atoms with van der Waals surface area (Å²) in [4.78, 5) is 10.7. The van der Waals surface area contributed by atoms with Crippen LogP contribution < -0.4 is 5.32 Å². The van der Waals surface area contributed by atoms with Crippen LogP contribution in [0.4, 0.5) is 5.69 Å². The third kappa shape index (κ3) is 1.99. The Hall–Kier alpha value is -2.03. The lowest BCUT2D eigenvalue weighted by Gasteiger charge is -2.14. The predicted octanol–water partition coefficient (Wildman–Crippen LogP) is 5.33. The van der Waals surface area contributed by atoms with E-state index in [-0.39, 0.29) is 0 Å². The summed E-state index contributed by atoms with van der Waals surface area (Å²) < 4.78 is 0. The Morgan fingerprint density at radius 2 is 1.41 bits per heavy atom. The number of halogens is 2. The number of benzene rings is 4. The minimum Gasteiger partial charge on any atom is -0.323 e. The zero-order valence-corrected chi connectivity index (χ0v) is 12.9. The van der Waals surface area contributed by atoms with E-state index in [2.05, 4.69) is 41.7 Å². The molecular formula is C18H11Cl2NO. The van der Waals surface area contributed by atoms with Crippen LogP contribution in [-0.4, -0.2) is 10.7 Å². The van der Waals surface area contributed by atoms with E-state index < -0.39 is 10.7 Å². The van der Waals surface area contributed by atoms with Crippen LogP contribution in [0.25, 0.3) is 32.3 Å². The first-order chi connectivity index (χ1) is 10.6. The number of nitrogens with one attached hydrogen (secondary N) is 1. The summed E-state index contributed by atoms with van der Waals surface area (Å²) in [5.74, 6) is -0.418. The summed E-state index contributed by atoms with van der Waals surface area (Å²) in [7, 11) is 0. The van der Waals surface area contributed by atoms with E-state index in [1.165, 1.54) is 16.2 Å². The lowest BCUT2D eigenvalue weighted by molar-refractivity contribution is -0.114. The Morgan fingerprint density at radius 1 is 0.818 bits per heavy atom. The van der Waals surface area contributed by atoms with Gasteiger partial charge in [-0.1, -0.05) is 71.7 Å². The molecule has 4 aromatic rings. The second kappa shape index (κ2) is 5.01. The van der Waals surface area contributed by atoms with Crippen LogP contribution in [-0.2, 0) is 4.79 Å². The predicted molar refractivity (Wildman–Crippen MR) is 94.3 cm³/mol. The Bertz CT molecular complexity index is 994. The van der Waals surface area contributed by atoms with Crippen molar-refractivity contribution in [3.63, 3.8) is 0 Å². The summed E-state index contributed by atoms with van der Waals surface area (Å²) >= 11 is 11.3. The second-order valence-electron chi connectivity index (χ2n) is 5.26. The normalized spacial score (nSPS) is 11.8. The van der Waals surface area contributed by atoms with Gasteiger partial charge in [-0.2, -0.15) is 0 Å². The van der Waals surface area contributed by atoms with E-state index >= 15 is 0 Å². The molecule has 0 aromatic heterocycles. The Balaban J connectivity index is 2.06. The first-order valence-electron chi connectivity index (χ1n) is 6.91. The van der Waals surface area contributed by atoms with Gasteiger partial charge < -0.3 is 5.32 Å². The standard InChI is InChI=1S/C18H11Cl2NO/c19-17(20)18(22)21-14-9-7-12-5-4-10-2-1-3-11-6-8-13(14)16(12)15(10)11/h1-9,17H,(H,21,22). The van der Waals surface area contributed by atoms with E-state index in [4.69, 9.17) is 23.2 Å². The number of amides is 1. The number of carbonyl (C=O) groups is 1. The third-order valence-corrected chi connectivity index (χ3v) is 4.38. The topological polar surface area (TPSA) is 29.1 Å². The summed E-state index contributed by atoms with van der Waals surface area (Å²) in [5, 5.41) is 9.66. The number of hydrogen-bond acceptors (Lipinski definition) is 1. The van der Waals surface area contributed by atoms with Gasteiger partial charge in [-0.25, -0.2) is 0 Å². The van der Waals surface area contributed by atoms with E-state index in [0.29, 0.717) is 0 Å². The quantitative estimate of drug-likeness (QED) is 0.391. The van der Waals surface area contributed by atoms with Gasteiger partial charge in [-0.05, 0) is 33.0 Å². The molecule has 0 spiro atoms. The van der Waals surface area contributed by atoms with Crippen molar-refractivity contribution in [3.05, 3.63) is 54.6 Å². The maximum atomic E-state index is 11.8. The molecule has 0 atom stereocenters. The van der Waals surface area contributed by atoms with Crippen LogP contribution >= 0.6 is 23.2 Å². The van der Waals surface area contributed by atoms with Gasteiger partial charge in [0, 0.05) is 11.1 Å². The zero-order chi connectivity index (χ0) is 15.3. The fourth-order valence-corrected chi connectivity index (χ4v) is 3.14. The molecule has 2 nitrogen and oxygen atoms in total. The molecule has 0 fully saturated rings. The number of hydrogen-bond donors (Lipinski definition) is 1. The maximum absolute atomic E-state index is 11.8. The summed E-state index contributed by atoms with van der Waals surface area (Å²) in [6.45, 7) is 0. The molecule has 0 heterocycles. The largest absolute Gasteiger partial charge is 0.323 e. The molecule has 108 valence electrons. The van der Waals surface area contributed by atoms with E-state index in [1.54, 1.807) is 0 Å². The Kier molecular flexibility index (Phi) is 3.10. The summed E-state index contributed by atoms with van der Waals surface area (Å²) in [6, 6.07) is 18.4. The van der Waals surface area contributed by atoms with Crippen molar-refractivity contribution in [1.82, 2.24) is 0 Å². The van der Waals surface area contributed by atoms with Crippen LogP contribution in [0.3, 0.4) is 0 Å². The molecule has 0 saturated heterocycles. The number of alkyl halides is 2. The smallest absolute Gasteiger partial charge is 0.257 e. The molecule has 1 amide bonds. The van der Waals surface area contributed by atoms with Crippen molar-refractivity contribution in [2.45, 2.75) is 4.84 Å². The van der Waals surface area contributed by atoms with Gasteiger partial charge in [-0.3, -0.25) is 4.79 Å². The summed E-state index contributed by atoms with van der Waals surface area (Å²) in [6.07, 6.45) is 0. The average molecular weight is 328 g/mol. The zero-order valence-electron chi connectivity index (χ0n) is 11.4. The Labute approximate surface area is 137 Å². The summed E-state index contributed by atoms with van der Waals surface area (Å²) in [5.41, 5.74) is 0.724. The molecule has 0 aliphatic rings. The minimum absolute atomic E-state index is 0.418. The number of anilines is 1. The first kappa shape index (κ1) is 13.6. The fourth-order valence-electron chi connectivity index (χ4n) is 3.03. The SMILES string of the molecule is O=C(Nc1ccc2ccc3cccc4ccc1c2c34)C(Cl)Cl.